The van der Waals surface area contributed by atoms with E-state index in [0.29, 0.717) is 18.9 Å². The molecule has 1 amide bonds. The van der Waals surface area contributed by atoms with Crippen LogP contribution in [0, 0.1) is 0 Å². The van der Waals surface area contributed by atoms with E-state index in [4.69, 9.17) is 9.47 Å². The predicted molar refractivity (Wildman–Crippen MR) is 104 cm³/mol. The summed E-state index contributed by atoms with van der Waals surface area (Å²) in [6, 6.07) is 7.96. The van der Waals surface area contributed by atoms with E-state index in [-0.39, 0.29) is 11.5 Å². The summed E-state index contributed by atoms with van der Waals surface area (Å²) in [7, 11) is 0. The van der Waals surface area contributed by atoms with Gasteiger partial charge in [-0.2, -0.15) is 0 Å². The quantitative estimate of drug-likeness (QED) is 0.877. The Bertz CT molecular complexity index is 745. The van der Waals surface area contributed by atoms with Gasteiger partial charge in [0.05, 0.1) is 22.7 Å². The number of benzene rings is 1. The van der Waals surface area contributed by atoms with Crippen molar-refractivity contribution in [3.8, 4) is 0 Å². The third-order valence-corrected chi connectivity index (χ3v) is 5.89. The summed E-state index contributed by atoms with van der Waals surface area (Å²) in [6.07, 6.45) is 5.21. The number of likely N-dealkylation sites (tertiary alicyclic amines) is 1. The number of aromatic nitrogens is 2. The van der Waals surface area contributed by atoms with Gasteiger partial charge in [0.1, 0.15) is 5.82 Å². The number of amides is 1. The number of carbonyl (C=O) groups is 1. The number of aryl methyl sites for hydroxylation is 1. The van der Waals surface area contributed by atoms with E-state index in [1.165, 1.54) is 0 Å². The van der Waals surface area contributed by atoms with Crippen LogP contribution in [0.1, 0.15) is 44.9 Å². The molecule has 3 heterocycles. The van der Waals surface area contributed by atoms with Crippen LogP contribution < -0.4 is 0 Å². The Labute approximate surface area is 160 Å². The standard InChI is InChI=1S/C21H29N3O3/c1-2-26-16-9-14-27-21(15-16)10-12-24(13-11-21)20(25)8-7-19-22-17-5-3-4-6-18(17)23-19/h3-6,16H,2,7-15H2,1H3,(H,22,23). The van der Waals surface area contributed by atoms with Gasteiger partial charge in [-0.25, -0.2) is 4.98 Å². The number of imidazole rings is 1. The molecule has 1 spiro atoms. The molecular formula is C21H29N3O3. The lowest BCUT2D eigenvalue weighted by Crippen LogP contribution is -2.52. The maximum atomic E-state index is 12.6. The monoisotopic (exact) mass is 371 g/mol. The van der Waals surface area contributed by atoms with Crippen LogP contribution in [0.15, 0.2) is 24.3 Å². The normalized spacial score (nSPS) is 22.4. The van der Waals surface area contributed by atoms with Crippen molar-refractivity contribution >= 4 is 16.9 Å². The van der Waals surface area contributed by atoms with Crippen LogP contribution >= 0.6 is 0 Å². The van der Waals surface area contributed by atoms with Gasteiger partial charge in [0, 0.05) is 45.6 Å². The van der Waals surface area contributed by atoms with Gasteiger partial charge in [0.2, 0.25) is 5.91 Å². The van der Waals surface area contributed by atoms with Crippen LogP contribution in [0.4, 0.5) is 0 Å². The van der Waals surface area contributed by atoms with E-state index in [1.807, 2.05) is 36.1 Å². The Morgan fingerprint density at radius 2 is 2.19 bits per heavy atom. The first-order valence-corrected chi connectivity index (χ1v) is 10.1. The molecule has 2 aliphatic rings. The molecule has 6 nitrogen and oxygen atoms in total. The number of nitrogens with zero attached hydrogens (tertiary/aromatic N) is 2. The van der Waals surface area contributed by atoms with Crippen LogP contribution in [0.2, 0.25) is 0 Å². The highest BCUT2D eigenvalue weighted by Gasteiger charge is 2.41. The van der Waals surface area contributed by atoms with Crippen molar-refractivity contribution in [2.45, 2.75) is 57.2 Å². The van der Waals surface area contributed by atoms with Crippen molar-refractivity contribution < 1.29 is 14.3 Å². The first kappa shape index (κ1) is 18.4. The third-order valence-electron chi connectivity index (χ3n) is 5.89. The molecule has 6 heteroatoms. The lowest BCUT2D eigenvalue weighted by Gasteiger charge is -2.46. The Morgan fingerprint density at radius 3 is 2.96 bits per heavy atom. The fraction of sp³-hybridized carbons (Fsp3) is 0.619. The smallest absolute Gasteiger partial charge is 0.223 e. The number of hydrogen-bond acceptors (Lipinski definition) is 4. The second-order valence-corrected chi connectivity index (χ2v) is 7.68. The number of H-pyrrole nitrogens is 1. The molecule has 1 aromatic carbocycles. The highest BCUT2D eigenvalue weighted by molar-refractivity contribution is 5.77. The number of aromatic amines is 1. The second-order valence-electron chi connectivity index (χ2n) is 7.68. The SMILES string of the molecule is CCOC1CCOC2(CCN(C(=O)CCc3nc4ccccc4[nH]3)CC2)C1. The van der Waals surface area contributed by atoms with Crippen LogP contribution in [-0.4, -0.2) is 58.8 Å². The molecule has 4 rings (SSSR count). The zero-order valence-electron chi connectivity index (χ0n) is 16.1. The molecule has 0 aliphatic carbocycles. The lowest BCUT2D eigenvalue weighted by molar-refractivity contribution is -0.160. The molecule has 2 saturated heterocycles. The molecule has 0 radical (unpaired) electrons. The first-order chi connectivity index (χ1) is 13.2. The molecule has 2 aromatic rings. The summed E-state index contributed by atoms with van der Waals surface area (Å²) in [5, 5.41) is 0. The average Bonchev–Trinajstić information content (AvgIpc) is 3.10. The average molecular weight is 371 g/mol. The Kier molecular flexibility index (Phi) is 5.45. The second kappa shape index (κ2) is 7.98. The van der Waals surface area contributed by atoms with Gasteiger partial charge in [-0.1, -0.05) is 12.1 Å². The van der Waals surface area contributed by atoms with E-state index in [1.54, 1.807) is 0 Å². The molecule has 1 unspecified atom stereocenters. The van der Waals surface area contributed by atoms with Gasteiger partial charge in [0.15, 0.2) is 0 Å². The number of nitrogens with one attached hydrogen (secondary N) is 1. The zero-order chi connectivity index (χ0) is 18.7. The van der Waals surface area contributed by atoms with Gasteiger partial charge < -0.3 is 19.4 Å². The molecular weight excluding hydrogens is 342 g/mol. The van der Waals surface area contributed by atoms with Crippen molar-refractivity contribution in [1.29, 1.82) is 0 Å². The van der Waals surface area contributed by atoms with Crippen LogP contribution in [0.25, 0.3) is 11.0 Å². The topological polar surface area (TPSA) is 67.5 Å². The van der Waals surface area contributed by atoms with E-state index in [9.17, 15) is 4.79 Å². The van der Waals surface area contributed by atoms with Crippen LogP contribution in [0.3, 0.4) is 0 Å². The molecule has 0 bridgehead atoms. The van der Waals surface area contributed by atoms with Crippen molar-refractivity contribution in [3.63, 3.8) is 0 Å². The van der Waals surface area contributed by atoms with E-state index in [2.05, 4.69) is 9.97 Å². The highest BCUT2D eigenvalue weighted by atomic mass is 16.5. The molecule has 2 fully saturated rings. The minimum Gasteiger partial charge on any atom is -0.378 e. The first-order valence-electron chi connectivity index (χ1n) is 10.1. The lowest BCUT2D eigenvalue weighted by atomic mass is 9.83. The summed E-state index contributed by atoms with van der Waals surface area (Å²) < 4.78 is 12.0. The number of piperidine rings is 1. The van der Waals surface area contributed by atoms with Gasteiger partial charge in [-0.05, 0) is 38.3 Å². The Hall–Kier alpha value is -1.92. The maximum absolute atomic E-state index is 12.6. The summed E-state index contributed by atoms with van der Waals surface area (Å²) in [6.45, 7) is 5.12. The van der Waals surface area contributed by atoms with Gasteiger partial charge in [-0.3, -0.25) is 4.79 Å². The fourth-order valence-electron chi connectivity index (χ4n) is 4.38. The number of ether oxygens (including phenoxy) is 2. The summed E-state index contributed by atoms with van der Waals surface area (Å²) >= 11 is 0. The molecule has 1 atom stereocenters. The highest BCUT2D eigenvalue weighted by Crippen LogP contribution is 2.36. The van der Waals surface area contributed by atoms with Crippen LogP contribution in [0.5, 0.6) is 0 Å². The minimum absolute atomic E-state index is 0.0897. The van der Waals surface area contributed by atoms with Crippen molar-refractivity contribution in [2.75, 3.05) is 26.3 Å². The number of fused-ring (bicyclic) bond motifs is 1. The number of carbonyl (C=O) groups excluding carboxylic acids is 1. The Balaban J connectivity index is 1.28. The number of rotatable bonds is 5. The number of hydrogen-bond donors (Lipinski definition) is 1. The minimum atomic E-state index is -0.0897. The molecule has 1 aromatic heterocycles. The van der Waals surface area contributed by atoms with Crippen molar-refractivity contribution in [1.82, 2.24) is 14.9 Å². The molecule has 27 heavy (non-hydrogen) atoms. The summed E-state index contributed by atoms with van der Waals surface area (Å²) in [5.41, 5.74) is 1.89. The largest absolute Gasteiger partial charge is 0.378 e. The zero-order valence-corrected chi connectivity index (χ0v) is 16.1. The Morgan fingerprint density at radius 1 is 1.37 bits per heavy atom. The molecule has 2 aliphatic heterocycles. The van der Waals surface area contributed by atoms with E-state index < -0.39 is 0 Å². The predicted octanol–water partition coefficient (Wildman–Crippen LogP) is 3.07. The maximum Gasteiger partial charge on any atom is 0.223 e. The van der Waals surface area contributed by atoms with Crippen molar-refractivity contribution in [3.05, 3.63) is 30.1 Å². The summed E-state index contributed by atoms with van der Waals surface area (Å²) in [5.74, 6) is 1.09. The number of para-hydroxylation sites is 2. The van der Waals surface area contributed by atoms with Gasteiger partial charge in [-0.15, -0.1) is 0 Å². The van der Waals surface area contributed by atoms with E-state index >= 15 is 0 Å². The van der Waals surface area contributed by atoms with Crippen LogP contribution in [-0.2, 0) is 20.7 Å². The van der Waals surface area contributed by atoms with E-state index in [0.717, 1.165) is 68.8 Å². The molecule has 1 N–H and O–H groups in total. The van der Waals surface area contributed by atoms with Gasteiger partial charge >= 0.3 is 0 Å². The molecule has 146 valence electrons. The fourth-order valence-corrected chi connectivity index (χ4v) is 4.38. The third kappa shape index (κ3) is 4.17. The van der Waals surface area contributed by atoms with Gasteiger partial charge in [0.25, 0.3) is 0 Å². The summed E-state index contributed by atoms with van der Waals surface area (Å²) in [4.78, 5) is 22.5. The van der Waals surface area contributed by atoms with Crippen molar-refractivity contribution in [2.24, 2.45) is 0 Å². The molecule has 0 saturated carbocycles.